The van der Waals surface area contributed by atoms with Gasteiger partial charge in [0.05, 0.1) is 25.3 Å². The minimum absolute atomic E-state index is 0.105. The molecule has 11 heteroatoms. The third kappa shape index (κ3) is 5.58. The number of ether oxygens (including phenoxy) is 1. The Morgan fingerprint density at radius 2 is 2.10 bits per heavy atom. The topological polar surface area (TPSA) is 130 Å². The van der Waals surface area contributed by atoms with Crippen LogP contribution in [0.15, 0.2) is 24.3 Å². The lowest BCUT2D eigenvalue weighted by molar-refractivity contribution is -0.127. The van der Waals surface area contributed by atoms with Crippen LogP contribution in [0.2, 0.25) is 0 Å². The number of hydrogen-bond acceptors (Lipinski definition) is 6. The van der Waals surface area contributed by atoms with Gasteiger partial charge in [-0.05, 0) is 62.1 Å². The van der Waals surface area contributed by atoms with E-state index in [0.29, 0.717) is 30.8 Å². The number of aliphatic hydroxyl groups excluding tert-OH is 1. The number of methoxy groups -OCH3 is 1. The number of piperidine rings is 1. The lowest BCUT2D eigenvalue weighted by Crippen LogP contribution is -2.52. The second-order valence-corrected chi connectivity index (χ2v) is 11.3. The quantitative estimate of drug-likeness (QED) is 0.397. The molecule has 0 radical (unpaired) electrons. The number of nitrogens with zero attached hydrogens (tertiary/aromatic N) is 2. The largest absolute Gasteiger partial charge is 0.496 e. The lowest BCUT2D eigenvalue weighted by atomic mass is 9.71. The first-order valence-electron chi connectivity index (χ1n) is 13.6. The monoisotopic (exact) mass is 543 g/mol. The number of H-pyrrole nitrogens is 1. The number of carbonyl (C=O) groups is 2. The van der Waals surface area contributed by atoms with E-state index in [2.05, 4.69) is 21.7 Å². The third-order valence-electron chi connectivity index (χ3n) is 8.74. The second kappa shape index (κ2) is 10.7. The number of aromatic amines is 1. The van der Waals surface area contributed by atoms with E-state index in [1.807, 2.05) is 12.1 Å². The number of halogens is 2. The summed E-state index contributed by atoms with van der Waals surface area (Å²) in [6.45, 7) is 0.850. The highest BCUT2D eigenvalue weighted by atomic mass is 19.3. The average molecular weight is 544 g/mol. The number of aromatic nitrogens is 1. The van der Waals surface area contributed by atoms with Crippen molar-refractivity contribution in [3.05, 3.63) is 30.0 Å². The normalized spacial score (nSPS) is 25.7. The van der Waals surface area contributed by atoms with Crippen molar-refractivity contribution < 1.29 is 28.2 Å². The molecule has 1 aliphatic carbocycles. The molecule has 210 valence electrons. The van der Waals surface area contributed by atoms with Gasteiger partial charge in [0.25, 0.3) is 5.91 Å². The smallest absolute Gasteiger partial charge is 0.270 e. The van der Waals surface area contributed by atoms with Gasteiger partial charge in [0.15, 0.2) is 0 Å². The maximum atomic E-state index is 14.1. The van der Waals surface area contributed by atoms with Gasteiger partial charge in [-0.25, -0.2) is 8.78 Å². The highest BCUT2D eigenvalue weighted by Crippen LogP contribution is 2.51. The predicted molar refractivity (Wildman–Crippen MR) is 139 cm³/mol. The summed E-state index contributed by atoms with van der Waals surface area (Å²) in [7, 11) is 1.55. The van der Waals surface area contributed by atoms with Crippen LogP contribution in [0, 0.1) is 22.7 Å². The lowest BCUT2D eigenvalue weighted by Gasteiger charge is -2.36. The number of rotatable bonds is 7. The van der Waals surface area contributed by atoms with Crippen molar-refractivity contribution >= 4 is 22.7 Å². The van der Waals surface area contributed by atoms with Gasteiger partial charge in [-0.2, -0.15) is 5.26 Å². The Bertz CT molecular complexity index is 1260. The molecule has 39 heavy (non-hydrogen) atoms. The molecule has 9 nitrogen and oxygen atoms in total. The Kier molecular flexibility index (Phi) is 7.53. The van der Waals surface area contributed by atoms with Crippen molar-refractivity contribution in [1.82, 2.24) is 20.5 Å². The van der Waals surface area contributed by atoms with Gasteiger partial charge in [-0.15, -0.1) is 0 Å². The summed E-state index contributed by atoms with van der Waals surface area (Å²) in [5.74, 6) is -2.91. The fraction of sp³-hybridized carbons (Fsp3) is 0.607. The standard InChI is InChI=1S/C28H35F2N5O4/c1-39-23-6-2-5-20-19(23)13-21(34-20)26(38)35-16-27(7-9-28(29,30)10-8-27)14-22(35)25(37)33-18(15-31)12-17-4-3-11-32-24(17)36/h2,5-6,13,17-18,22,25,33-34,37H,3-4,7-12,14,16H2,1H3,(H,32,36). The molecule has 2 aromatic rings. The Morgan fingerprint density at radius 3 is 2.79 bits per heavy atom. The van der Waals surface area contributed by atoms with Crippen LogP contribution in [0.4, 0.5) is 8.78 Å². The number of benzene rings is 1. The summed E-state index contributed by atoms with van der Waals surface area (Å²) in [6.07, 6.45) is 0.773. The zero-order valence-electron chi connectivity index (χ0n) is 22.0. The van der Waals surface area contributed by atoms with Crippen molar-refractivity contribution in [1.29, 1.82) is 5.26 Å². The van der Waals surface area contributed by atoms with Gasteiger partial charge >= 0.3 is 0 Å². The molecule has 5 rings (SSSR count). The van der Waals surface area contributed by atoms with Crippen LogP contribution < -0.4 is 15.4 Å². The number of hydrogen-bond donors (Lipinski definition) is 4. The van der Waals surface area contributed by atoms with Gasteiger partial charge in [0.1, 0.15) is 17.7 Å². The van der Waals surface area contributed by atoms with E-state index < -0.39 is 29.6 Å². The molecule has 4 atom stereocenters. The van der Waals surface area contributed by atoms with Crippen LogP contribution in [0.1, 0.15) is 61.9 Å². The SMILES string of the molecule is COc1cccc2[nH]c(C(=O)N3CC4(CCC(F)(F)CC4)CC3C(O)NC(C#N)CC3CCCNC3=O)cc12. The molecule has 4 N–H and O–H groups in total. The molecule has 1 aromatic carbocycles. The second-order valence-electron chi connectivity index (χ2n) is 11.3. The van der Waals surface area contributed by atoms with Crippen LogP contribution in [-0.4, -0.2) is 71.2 Å². The van der Waals surface area contributed by atoms with Gasteiger partial charge in [0, 0.05) is 42.8 Å². The van der Waals surface area contributed by atoms with Crippen molar-refractivity contribution in [2.45, 2.75) is 75.6 Å². The van der Waals surface area contributed by atoms with E-state index >= 15 is 0 Å². The molecule has 2 aliphatic heterocycles. The Hall–Kier alpha value is -3.23. The predicted octanol–water partition coefficient (Wildman–Crippen LogP) is 3.30. The highest BCUT2D eigenvalue weighted by Gasteiger charge is 2.53. The van der Waals surface area contributed by atoms with E-state index in [1.165, 1.54) is 0 Å². The zero-order chi connectivity index (χ0) is 27.8. The number of nitriles is 1. The number of likely N-dealkylation sites (tertiary alicyclic amines) is 1. The number of nitrogens with one attached hydrogen (secondary N) is 3. The maximum absolute atomic E-state index is 14.1. The Balaban J connectivity index is 1.38. The molecule has 1 saturated carbocycles. The molecule has 2 saturated heterocycles. The first-order valence-corrected chi connectivity index (χ1v) is 13.6. The van der Waals surface area contributed by atoms with E-state index in [1.54, 1.807) is 24.1 Å². The highest BCUT2D eigenvalue weighted by molar-refractivity contribution is 6.00. The minimum Gasteiger partial charge on any atom is -0.496 e. The first-order chi connectivity index (χ1) is 18.6. The van der Waals surface area contributed by atoms with Crippen molar-refractivity contribution in [2.24, 2.45) is 11.3 Å². The maximum Gasteiger partial charge on any atom is 0.270 e. The van der Waals surface area contributed by atoms with Crippen LogP contribution in [0.3, 0.4) is 0 Å². The third-order valence-corrected chi connectivity index (χ3v) is 8.74. The van der Waals surface area contributed by atoms with E-state index in [4.69, 9.17) is 4.74 Å². The van der Waals surface area contributed by atoms with Crippen LogP contribution in [-0.2, 0) is 4.79 Å². The van der Waals surface area contributed by atoms with E-state index in [9.17, 15) is 28.7 Å². The molecule has 1 aromatic heterocycles. The number of carbonyl (C=O) groups excluding carboxylic acids is 2. The summed E-state index contributed by atoms with van der Waals surface area (Å²) >= 11 is 0. The van der Waals surface area contributed by atoms with Crippen molar-refractivity contribution in [3.63, 3.8) is 0 Å². The van der Waals surface area contributed by atoms with Gasteiger partial charge in [-0.1, -0.05) is 6.07 Å². The number of amides is 2. The summed E-state index contributed by atoms with van der Waals surface area (Å²) < 4.78 is 33.5. The number of fused-ring (bicyclic) bond motifs is 1. The summed E-state index contributed by atoms with van der Waals surface area (Å²) in [5, 5.41) is 27.6. The minimum atomic E-state index is -2.73. The Morgan fingerprint density at radius 1 is 1.33 bits per heavy atom. The van der Waals surface area contributed by atoms with Crippen LogP contribution in [0.5, 0.6) is 5.75 Å². The van der Waals surface area contributed by atoms with E-state index in [0.717, 1.165) is 17.3 Å². The average Bonchev–Trinajstić information content (AvgIpc) is 3.53. The zero-order valence-corrected chi connectivity index (χ0v) is 22.0. The fourth-order valence-corrected chi connectivity index (χ4v) is 6.51. The molecule has 3 aliphatic rings. The summed E-state index contributed by atoms with van der Waals surface area (Å²) in [6, 6.07) is 7.74. The number of aliphatic hydroxyl groups is 1. The van der Waals surface area contributed by atoms with Gasteiger partial charge in [0.2, 0.25) is 11.8 Å². The molecule has 1 spiro atoms. The van der Waals surface area contributed by atoms with Crippen LogP contribution >= 0.6 is 0 Å². The molecule has 2 amide bonds. The van der Waals surface area contributed by atoms with E-state index in [-0.39, 0.29) is 56.4 Å². The molecular weight excluding hydrogens is 508 g/mol. The molecule has 3 heterocycles. The first kappa shape index (κ1) is 27.3. The van der Waals surface area contributed by atoms with Crippen molar-refractivity contribution in [2.75, 3.05) is 20.2 Å². The van der Waals surface area contributed by atoms with Crippen LogP contribution in [0.25, 0.3) is 10.9 Å². The number of alkyl halides is 2. The molecule has 0 bridgehead atoms. The summed E-state index contributed by atoms with van der Waals surface area (Å²) in [4.78, 5) is 30.8. The van der Waals surface area contributed by atoms with Gasteiger partial charge < -0.3 is 25.0 Å². The molecule has 3 fully saturated rings. The fourth-order valence-electron chi connectivity index (χ4n) is 6.51. The molecular formula is C28H35F2N5O4. The Labute approximate surface area is 225 Å². The summed E-state index contributed by atoms with van der Waals surface area (Å²) in [5.41, 5.74) is 0.481. The molecule has 4 unspecified atom stereocenters. The van der Waals surface area contributed by atoms with Crippen molar-refractivity contribution in [3.8, 4) is 11.8 Å². The van der Waals surface area contributed by atoms with Gasteiger partial charge in [-0.3, -0.25) is 14.9 Å².